The molecule has 0 spiro atoms. The molecule has 0 fully saturated rings. The maximum atomic E-state index is 5.37. The van der Waals surface area contributed by atoms with E-state index in [9.17, 15) is 0 Å². The van der Waals surface area contributed by atoms with Gasteiger partial charge in [0.05, 0.1) is 0 Å². The van der Waals surface area contributed by atoms with Crippen LogP contribution in [0.25, 0.3) is 0 Å². The second-order valence-corrected chi connectivity index (χ2v) is 8.57. The van der Waals surface area contributed by atoms with Gasteiger partial charge in [-0.15, -0.1) is 0 Å². The summed E-state index contributed by atoms with van der Waals surface area (Å²) in [5.74, 6) is 0.498. The molecule has 0 saturated heterocycles. The maximum absolute atomic E-state index is 5.37. The molecule has 0 aromatic heterocycles. The lowest BCUT2D eigenvalue weighted by atomic mass is 10.8. The highest BCUT2D eigenvalue weighted by Gasteiger charge is 2.09. The van der Waals surface area contributed by atoms with Crippen LogP contribution in [-0.4, -0.2) is 12.3 Å². The van der Waals surface area contributed by atoms with Crippen LogP contribution in [0.3, 0.4) is 0 Å². The van der Waals surface area contributed by atoms with Gasteiger partial charge in [0.1, 0.15) is 0 Å². The number of hydrogen-bond donors (Lipinski definition) is 1. The van der Waals surface area contributed by atoms with Crippen LogP contribution in [0.4, 0.5) is 0 Å². The Morgan fingerprint density at radius 3 is 1.71 bits per heavy atom. The molecule has 0 aliphatic carbocycles. The van der Waals surface area contributed by atoms with Crippen molar-refractivity contribution >= 4 is 39.7 Å². The summed E-state index contributed by atoms with van der Waals surface area (Å²) in [4.78, 5) is 0. The van der Waals surface area contributed by atoms with Gasteiger partial charge in [-0.2, -0.15) is 0 Å². The first kappa shape index (κ1) is 8.18. The Labute approximate surface area is 57.9 Å². The monoisotopic (exact) mass is 181 g/mol. The van der Waals surface area contributed by atoms with Gasteiger partial charge < -0.3 is 5.73 Å². The van der Waals surface area contributed by atoms with Crippen molar-refractivity contribution in [2.45, 2.75) is 0 Å². The third-order valence-corrected chi connectivity index (χ3v) is 2.44. The van der Waals surface area contributed by atoms with Gasteiger partial charge in [0, 0.05) is 12.3 Å². The number of nitrogens with two attached hydrogens (primary N) is 1. The second kappa shape index (κ2) is 3.25. The van der Waals surface area contributed by atoms with E-state index in [2.05, 4.69) is 0 Å². The van der Waals surface area contributed by atoms with Crippen molar-refractivity contribution in [3.8, 4) is 0 Å². The predicted octanol–water partition coefficient (Wildman–Crippen LogP) is 2.21. The summed E-state index contributed by atoms with van der Waals surface area (Å²) in [6, 6.07) is 0. The lowest BCUT2D eigenvalue weighted by Crippen LogP contribution is -2.03. The third kappa shape index (κ3) is 7.18. The smallest absolute Gasteiger partial charge is 0.0288 e. The van der Waals surface area contributed by atoms with E-state index in [1.54, 1.807) is 0 Å². The van der Waals surface area contributed by atoms with E-state index in [0.717, 1.165) is 0 Å². The van der Waals surface area contributed by atoms with E-state index in [1.807, 2.05) is 0 Å². The van der Waals surface area contributed by atoms with Gasteiger partial charge in [0.2, 0.25) is 0 Å². The van der Waals surface area contributed by atoms with Gasteiger partial charge in [0.25, 0.3) is 0 Å². The van der Waals surface area contributed by atoms with Crippen LogP contribution in [-0.2, 0) is 0 Å². The zero-order valence-electron chi connectivity index (χ0n) is 3.53. The molecule has 0 aliphatic heterocycles. The highest BCUT2D eigenvalue weighted by atomic mass is 36.2. The molecule has 0 bridgehead atoms. The van der Waals surface area contributed by atoms with Crippen molar-refractivity contribution < 1.29 is 0 Å². The fraction of sp³-hybridized carbons (Fsp3) is 1.00. The van der Waals surface area contributed by atoms with E-state index >= 15 is 0 Å². The van der Waals surface area contributed by atoms with E-state index < -0.39 is 7.67 Å². The van der Waals surface area contributed by atoms with Gasteiger partial charge >= 0.3 is 0 Å². The van der Waals surface area contributed by atoms with Crippen LogP contribution >= 0.6 is 39.7 Å². The molecule has 0 aliphatic rings. The summed E-state index contributed by atoms with van der Waals surface area (Å²) in [5, 5.41) is 0. The van der Waals surface area contributed by atoms with Crippen molar-refractivity contribution in [1.82, 2.24) is 0 Å². The first-order valence-electron chi connectivity index (χ1n) is 1.66. The average molecular weight is 183 g/mol. The van der Waals surface area contributed by atoms with Gasteiger partial charge in [0.15, 0.2) is 0 Å². The first-order chi connectivity index (χ1) is 3.06. The van der Waals surface area contributed by atoms with E-state index in [1.165, 1.54) is 0 Å². The molecule has 0 aromatic carbocycles. The standard InChI is InChI=1S/C2H6Cl3NS/c3-7(4,5)2-1-6/h1-2,6H2. The van der Waals surface area contributed by atoms with E-state index in [0.29, 0.717) is 12.3 Å². The maximum Gasteiger partial charge on any atom is 0.0288 e. The first-order valence-corrected chi connectivity index (χ1v) is 5.94. The second-order valence-electron chi connectivity index (χ2n) is 0.995. The lowest BCUT2D eigenvalue weighted by Gasteiger charge is -2.11. The average Bonchev–Trinajstić information content (AvgIpc) is 1.30. The normalized spacial score (nSPS) is 14.3. The summed E-state index contributed by atoms with van der Waals surface area (Å²) in [6.07, 6.45) is 0. The van der Waals surface area contributed by atoms with Gasteiger partial charge in [-0.25, -0.2) is 0 Å². The van der Waals surface area contributed by atoms with Crippen molar-refractivity contribution in [2.75, 3.05) is 12.3 Å². The highest BCUT2D eigenvalue weighted by Crippen LogP contribution is 2.62. The summed E-state index contributed by atoms with van der Waals surface area (Å²) in [7, 11) is 14.2. The molecule has 0 aromatic rings. The zero-order valence-corrected chi connectivity index (χ0v) is 6.62. The Bertz CT molecular complexity index is 51.4. The quantitative estimate of drug-likeness (QED) is 0.696. The molecule has 7 heavy (non-hydrogen) atoms. The van der Waals surface area contributed by atoms with E-state index in [4.69, 9.17) is 37.8 Å². The molecule has 46 valence electrons. The van der Waals surface area contributed by atoms with Crippen LogP contribution in [0.5, 0.6) is 0 Å². The number of hydrogen-bond acceptors (Lipinski definition) is 1. The van der Waals surface area contributed by atoms with Crippen LogP contribution in [0.1, 0.15) is 0 Å². The molecular weight excluding hydrogens is 176 g/mol. The van der Waals surface area contributed by atoms with Crippen LogP contribution in [0.2, 0.25) is 0 Å². The molecule has 0 rings (SSSR count). The minimum absolute atomic E-state index is 0.450. The summed E-state index contributed by atoms with van der Waals surface area (Å²) in [5.41, 5.74) is 5.08. The number of halogens is 3. The molecular formula is C2H6Cl3NS. The molecule has 0 saturated carbocycles. The van der Waals surface area contributed by atoms with Crippen molar-refractivity contribution in [3.63, 3.8) is 0 Å². The van der Waals surface area contributed by atoms with Crippen LogP contribution < -0.4 is 5.73 Å². The summed E-state index contributed by atoms with van der Waals surface area (Å²) in [6.45, 7) is 0.450. The minimum atomic E-state index is -1.88. The molecule has 2 N–H and O–H groups in total. The Morgan fingerprint density at radius 2 is 1.71 bits per heavy atom. The van der Waals surface area contributed by atoms with Crippen molar-refractivity contribution in [1.29, 1.82) is 0 Å². The van der Waals surface area contributed by atoms with Gasteiger partial charge in [-0.05, 0) is 39.7 Å². The minimum Gasteiger partial charge on any atom is -0.330 e. The van der Waals surface area contributed by atoms with Crippen molar-refractivity contribution in [3.05, 3.63) is 0 Å². The molecule has 0 heterocycles. The molecule has 0 amide bonds. The molecule has 0 radical (unpaired) electrons. The zero-order chi connectivity index (χ0) is 5.91. The molecule has 1 nitrogen and oxygen atoms in total. The van der Waals surface area contributed by atoms with Crippen molar-refractivity contribution in [2.24, 2.45) is 5.73 Å². The van der Waals surface area contributed by atoms with Crippen LogP contribution in [0, 0.1) is 0 Å². The fourth-order valence-electron chi connectivity index (χ4n) is 0.134. The topological polar surface area (TPSA) is 26.0 Å². The molecule has 0 unspecified atom stereocenters. The van der Waals surface area contributed by atoms with E-state index in [-0.39, 0.29) is 0 Å². The SMILES string of the molecule is NCCS(Cl)(Cl)Cl. The van der Waals surface area contributed by atoms with Crippen LogP contribution in [0.15, 0.2) is 0 Å². The fourth-order valence-corrected chi connectivity index (χ4v) is 1.20. The molecule has 5 heteroatoms. The highest BCUT2D eigenvalue weighted by molar-refractivity contribution is 8.79. The lowest BCUT2D eigenvalue weighted by molar-refractivity contribution is 1.15. The Hall–Kier alpha value is 1.18. The Kier molecular flexibility index (Phi) is 3.80. The third-order valence-electron chi connectivity index (χ3n) is 0.349. The number of rotatable bonds is 2. The summed E-state index contributed by atoms with van der Waals surface area (Å²) >= 11 is 0. The van der Waals surface area contributed by atoms with Gasteiger partial charge in [-0.3, -0.25) is 0 Å². The van der Waals surface area contributed by atoms with Gasteiger partial charge in [-0.1, -0.05) is 0 Å². The summed E-state index contributed by atoms with van der Waals surface area (Å²) < 4.78 is 0. The predicted molar refractivity (Wildman–Crippen MR) is 39.1 cm³/mol. The Balaban J connectivity index is 3.15. The Morgan fingerprint density at radius 1 is 1.29 bits per heavy atom. The largest absolute Gasteiger partial charge is 0.330 e. The molecule has 0 atom stereocenters.